The molecule has 1 aromatic heterocycles. The van der Waals surface area contributed by atoms with E-state index in [1.54, 1.807) is 13.0 Å². The number of nitrogens with zero attached hydrogens (tertiary/aromatic N) is 2. The summed E-state index contributed by atoms with van der Waals surface area (Å²) < 4.78 is 5.50. The van der Waals surface area contributed by atoms with Crippen LogP contribution in [0.15, 0.2) is 12.3 Å². The molecule has 0 N–H and O–H groups in total. The summed E-state index contributed by atoms with van der Waals surface area (Å²) in [6.07, 6.45) is 3.73. The third-order valence-electron chi connectivity index (χ3n) is 2.12. The normalized spacial score (nSPS) is 15.2. The molecule has 0 spiro atoms. The average Bonchev–Trinajstić information content (AvgIpc) is 2.92. The maximum atomic E-state index is 10.6. The van der Waals surface area contributed by atoms with Gasteiger partial charge in [0.25, 0.3) is 0 Å². The van der Waals surface area contributed by atoms with E-state index in [0.29, 0.717) is 11.3 Å². The Morgan fingerprint density at radius 3 is 2.93 bits per heavy atom. The Morgan fingerprint density at radius 1 is 1.64 bits per heavy atom. The van der Waals surface area contributed by atoms with Crippen LogP contribution in [-0.2, 0) is 0 Å². The number of hydrogen-bond acceptors (Lipinski definition) is 4. The first-order chi connectivity index (χ1) is 6.68. The molecule has 0 amide bonds. The molecule has 0 atom stereocenters. The van der Waals surface area contributed by atoms with Gasteiger partial charge < -0.3 is 14.9 Å². The van der Waals surface area contributed by atoms with Crippen molar-refractivity contribution in [2.24, 2.45) is 0 Å². The second-order valence-corrected chi connectivity index (χ2v) is 3.33. The van der Waals surface area contributed by atoms with Crippen LogP contribution in [0.25, 0.3) is 0 Å². The van der Waals surface area contributed by atoms with Crippen molar-refractivity contribution >= 4 is 5.82 Å². The van der Waals surface area contributed by atoms with Gasteiger partial charge in [-0.1, -0.05) is 0 Å². The lowest BCUT2D eigenvalue weighted by molar-refractivity contribution is -0.390. The van der Waals surface area contributed by atoms with E-state index in [2.05, 4.69) is 4.98 Å². The third-order valence-corrected chi connectivity index (χ3v) is 2.12. The van der Waals surface area contributed by atoms with Crippen LogP contribution in [-0.4, -0.2) is 16.0 Å². The number of ether oxygens (including phenoxy) is 1. The standard InChI is InChI=1S/C9H10N2O3/c1-6-8(14-7-2-3-7)4-5-10-9(6)11(12)13/h4-5,7H,2-3H2,1H3. The molecule has 0 unspecified atom stereocenters. The van der Waals surface area contributed by atoms with E-state index in [0.717, 1.165) is 12.8 Å². The van der Waals surface area contributed by atoms with Gasteiger partial charge in [0.15, 0.2) is 0 Å². The fourth-order valence-corrected chi connectivity index (χ4v) is 1.18. The van der Waals surface area contributed by atoms with Crippen LogP contribution in [0.1, 0.15) is 18.4 Å². The molecule has 0 aromatic carbocycles. The summed E-state index contributed by atoms with van der Waals surface area (Å²) >= 11 is 0. The van der Waals surface area contributed by atoms with Gasteiger partial charge in [-0.3, -0.25) is 0 Å². The highest BCUT2D eigenvalue weighted by molar-refractivity contribution is 5.42. The second-order valence-electron chi connectivity index (χ2n) is 3.33. The van der Waals surface area contributed by atoms with Crippen LogP contribution in [0.2, 0.25) is 0 Å². The number of aromatic nitrogens is 1. The van der Waals surface area contributed by atoms with Crippen LogP contribution in [0, 0.1) is 17.0 Å². The zero-order valence-electron chi connectivity index (χ0n) is 7.77. The first-order valence-corrected chi connectivity index (χ1v) is 4.45. The Balaban J connectivity index is 2.30. The molecule has 1 saturated carbocycles. The largest absolute Gasteiger partial charge is 0.490 e. The van der Waals surface area contributed by atoms with E-state index in [4.69, 9.17) is 4.74 Å². The fraction of sp³-hybridized carbons (Fsp3) is 0.444. The molecular formula is C9H10N2O3. The molecule has 2 rings (SSSR count). The monoisotopic (exact) mass is 194 g/mol. The zero-order valence-corrected chi connectivity index (χ0v) is 7.77. The Hall–Kier alpha value is -1.65. The number of pyridine rings is 1. The number of nitro groups is 1. The lowest BCUT2D eigenvalue weighted by Crippen LogP contribution is -2.01. The number of hydrogen-bond donors (Lipinski definition) is 0. The molecule has 0 saturated heterocycles. The molecule has 1 aliphatic rings. The van der Waals surface area contributed by atoms with E-state index in [1.165, 1.54) is 6.20 Å². The number of rotatable bonds is 3. The van der Waals surface area contributed by atoms with E-state index in [9.17, 15) is 10.1 Å². The van der Waals surface area contributed by atoms with Crippen molar-refractivity contribution < 1.29 is 9.66 Å². The van der Waals surface area contributed by atoms with Crippen molar-refractivity contribution in [2.75, 3.05) is 0 Å². The van der Waals surface area contributed by atoms with Gasteiger partial charge in [0.05, 0.1) is 11.7 Å². The maximum absolute atomic E-state index is 10.6. The molecule has 0 bridgehead atoms. The lowest BCUT2D eigenvalue weighted by atomic mass is 10.2. The van der Waals surface area contributed by atoms with Crippen molar-refractivity contribution in [1.29, 1.82) is 0 Å². The van der Waals surface area contributed by atoms with Crippen LogP contribution in [0.3, 0.4) is 0 Å². The first-order valence-electron chi connectivity index (χ1n) is 4.45. The van der Waals surface area contributed by atoms with Crippen molar-refractivity contribution in [3.05, 3.63) is 27.9 Å². The molecular weight excluding hydrogens is 184 g/mol. The molecule has 1 aliphatic carbocycles. The van der Waals surface area contributed by atoms with Gasteiger partial charge in [-0.25, -0.2) is 0 Å². The quantitative estimate of drug-likeness (QED) is 0.544. The molecule has 1 heterocycles. The van der Waals surface area contributed by atoms with Crippen LogP contribution in [0.5, 0.6) is 5.75 Å². The summed E-state index contributed by atoms with van der Waals surface area (Å²) in [5.41, 5.74) is 0.504. The summed E-state index contributed by atoms with van der Waals surface area (Å²) in [4.78, 5) is 13.8. The lowest BCUT2D eigenvalue weighted by Gasteiger charge is -2.06. The minimum absolute atomic E-state index is 0.122. The summed E-state index contributed by atoms with van der Waals surface area (Å²) in [6, 6.07) is 1.67. The summed E-state index contributed by atoms with van der Waals surface area (Å²) in [7, 11) is 0. The highest BCUT2D eigenvalue weighted by Gasteiger charge is 2.26. The summed E-state index contributed by atoms with van der Waals surface area (Å²) in [5, 5.41) is 10.6. The smallest absolute Gasteiger partial charge is 0.370 e. The summed E-state index contributed by atoms with van der Waals surface area (Å²) in [6.45, 7) is 1.66. The predicted molar refractivity (Wildman–Crippen MR) is 49.3 cm³/mol. The Labute approximate surface area is 80.9 Å². The molecule has 0 aliphatic heterocycles. The second kappa shape index (κ2) is 3.25. The van der Waals surface area contributed by atoms with Gasteiger partial charge in [0.1, 0.15) is 11.9 Å². The van der Waals surface area contributed by atoms with Gasteiger partial charge in [-0.05, 0) is 29.7 Å². The van der Waals surface area contributed by atoms with Gasteiger partial charge in [-0.15, -0.1) is 0 Å². The minimum atomic E-state index is -0.491. The third kappa shape index (κ3) is 1.66. The van der Waals surface area contributed by atoms with Crippen LogP contribution >= 0.6 is 0 Å². The Morgan fingerprint density at radius 2 is 2.36 bits per heavy atom. The minimum Gasteiger partial charge on any atom is -0.490 e. The van der Waals surface area contributed by atoms with Gasteiger partial charge >= 0.3 is 5.82 Å². The molecule has 1 aromatic rings. The predicted octanol–water partition coefficient (Wildman–Crippen LogP) is 1.84. The molecule has 1 fully saturated rings. The van der Waals surface area contributed by atoms with Crippen LogP contribution in [0.4, 0.5) is 5.82 Å². The van der Waals surface area contributed by atoms with Crippen molar-refractivity contribution in [3.63, 3.8) is 0 Å². The molecule has 5 heteroatoms. The summed E-state index contributed by atoms with van der Waals surface area (Å²) in [5.74, 6) is 0.456. The highest BCUT2D eigenvalue weighted by Crippen LogP contribution is 2.31. The highest BCUT2D eigenvalue weighted by atomic mass is 16.6. The molecule has 0 radical (unpaired) electrons. The van der Waals surface area contributed by atoms with E-state index in [1.807, 2.05) is 0 Å². The zero-order chi connectivity index (χ0) is 10.1. The van der Waals surface area contributed by atoms with E-state index >= 15 is 0 Å². The Bertz CT molecular complexity index is 374. The van der Waals surface area contributed by atoms with E-state index in [-0.39, 0.29) is 11.9 Å². The maximum Gasteiger partial charge on any atom is 0.370 e. The fourth-order valence-electron chi connectivity index (χ4n) is 1.18. The van der Waals surface area contributed by atoms with Crippen molar-refractivity contribution in [2.45, 2.75) is 25.9 Å². The average molecular weight is 194 g/mol. The Kier molecular flexibility index (Phi) is 2.07. The SMILES string of the molecule is Cc1c(OC2CC2)ccnc1[N+](=O)[O-]. The topological polar surface area (TPSA) is 65.3 Å². The molecule has 14 heavy (non-hydrogen) atoms. The molecule has 74 valence electrons. The van der Waals surface area contributed by atoms with Gasteiger partial charge in [0, 0.05) is 6.07 Å². The van der Waals surface area contributed by atoms with Gasteiger partial charge in [0.2, 0.25) is 0 Å². The van der Waals surface area contributed by atoms with Crippen molar-refractivity contribution in [3.8, 4) is 5.75 Å². The molecule has 5 nitrogen and oxygen atoms in total. The van der Waals surface area contributed by atoms with Crippen LogP contribution < -0.4 is 4.74 Å². The first kappa shape index (κ1) is 8.93. The van der Waals surface area contributed by atoms with Crippen molar-refractivity contribution in [1.82, 2.24) is 4.98 Å². The van der Waals surface area contributed by atoms with Gasteiger partial charge in [-0.2, -0.15) is 0 Å². The van der Waals surface area contributed by atoms with E-state index < -0.39 is 4.92 Å².